The van der Waals surface area contributed by atoms with Crippen molar-refractivity contribution >= 4 is 5.97 Å². The van der Waals surface area contributed by atoms with Crippen molar-refractivity contribution in [3.8, 4) is 0 Å². The Balaban J connectivity index is 1.72. The second-order valence-electron chi connectivity index (χ2n) is 8.90. The Morgan fingerprint density at radius 1 is 1.20 bits per heavy atom. The highest BCUT2D eigenvalue weighted by Crippen LogP contribution is 2.63. The standard InChI is InChI=1S/C17H28O3/c1-15(2,3)14(18)20-10-16(4)12-5-11-6-13(16)9-17(19,7-11)8-12/h11-13,19H,5-10H2,1-4H3. The number of aliphatic hydroxyl groups is 1. The smallest absolute Gasteiger partial charge is 0.311 e. The van der Waals surface area contributed by atoms with Gasteiger partial charge in [0.05, 0.1) is 17.6 Å². The molecule has 0 aromatic rings. The zero-order chi connectivity index (χ0) is 14.8. The van der Waals surface area contributed by atoms with Crippen molar-refractivity contribution in [3.05, 3.63) is 0 Å². The largest absolute Gasteiger partial charge is 0.465 e. The normalized spacial score (nSPS) is 46.5. The van der Waals surface area contributed by atoms with Crippen LogP contribution in [0.2, 0.25) is 0 Å². The van der Waals surface area contributed by atoms with Crippen molar-refractivity contribution in [3.63, 3.8) is 0 Å². The summed E-state index contributed by atoms with van der Waals surface area (Å²) < 4.78 is 5.65. The maximum atomic E-state index is 12.0. The molecule has 4 saturated carbocycles. The first kappa shape index (κ1) is 14.4. The van der Waals surface area contributed by atoms with Gasteiger partial charge in [0.15, 0.2) is 0 Å². The summed E-state index contributed by atoms with van der Waals surface area (Å²) in [5.41, 5.74) is -0.769. The van der Waals surface area contributed by atoms with Crippen molar-refractivity contribution in [2.24, 2.45) is 28.6 Å². The second-order valence-corrected chi connectivity index (χ2v) is 8.90. The van der Waals surface area contributed by atoms with Crippen molar-refractivity contribution in [1.29, 1.82) is 0 Å². The quantitative estimate of drug-likeness (QED) is 0.790. The summed E-state index contributed by atoms with van der Waals surface area (Å²) in [6, 6.07) is 0. The highest BCUT2D eigenvalue weighted by molar-refractivity contribution is 5.75. The highest BCUT2D eigenvalue weighted by atomic mass is 16.5. The third-order valence-corrected chi connectivity index (χ3v) is 6.15. The monoisotopic (exact) mass is 280 g/mol. The van der Waals surface area contributed by atoms with Crippen LogP contribution in [0.3, 0.4) is 0 Å². The van der Waals surface area contributed by atoms with Crippen LogP contribution in [0.15, 0.2) is 0 Å². The molecule has 0 heterocycles. The molecular weight excluding hydrogens is 252 g/mol. The van der Waals surface area contributed by atoms with Gasteiger partial charge in [0.2, 0.25) is 0 Å². The molecule has 4 bridgehead atoms. The lowest BCUT2D eigenvalue weighted by Crippen LogP contribution is -2.60. The predicted octanol–water partition coefficient (Wildman–Crippen LogP) is 3.15. The van der Waals surface area contributed by atoms with E-state index in [2.05, 4.69) is 6.92 Å². The summed E-state index contributed by atoms with van der Waals surface area (Å²) in [6.45, 7) is 8.51. The van der Waals surface area contributed by atoms with Gasteiger partial charge in [-0.25, -0.2) is 0 Å². The van der Waals surface area contributed by atoms with E-state index in [1.54, 1.807) is 0 Å². The molecule has 0 spiro atoms. The van der Waals surface area contributed by atoms with Gasteiger partial charge in [-0.15, -0.1) is 0 Å². The minimum Gasteiger partial charge on any atom is -0.465 e. The van der Waals surface area contributed by atoms with Crippen LogP contribution in [0.25, 0.3) is 0 Å². The van der Waals surface area contributed by atoms with Crippen LogP contribution in [0, 0.1) is 28.6 Å². The van der Waals surface area contributed by atoms with E-state index in [-0.39, 0.29) is 11.4 Å². The summed E-state index contributed by atoms with van der Waals surface area (Å²) in [4.78, 5) is 12.0. The first-order valence-corrected chi connectivity index (χ1v) is 8.02. The fourth-order valence-corrected chi connectivity index (χ4v) is 4.95. The van der Waals surface area contributed by atoms with E-state index in [1.165, 1.54) is 12.8 Å². The Labute approximate surface area is 122 Å². The number of carbonyl (C=O) groups is 1. The summed E-state index contributed by atoms with van der Waals surface area (Å²) in [6.07, 6.45) is 5.23. The molecule has 0 amide bonds. The summed E-state index contributed by atoms with van der Waals surface area (Å²) in [5, 5.41) is 10.6. The van der Waals surface area contributed by atoms with Gasteiger partial charge in [-0.05, 0) is 70.6 Å². The molecule has 0 aliphatic heterocycles. The Hall–Kier alpha value is -0.570. The first-order valence-electron chi connectivity index (χ1n) is 8.02. The van der Waals surface area contributed by atoms with Crippen LogP contribution in [-0.2, 0) is 9.53 Å². The molecule has 114 valence electrons. The van der Waals surface area contributed by atoms with Gasteiger partial charge in [-0.2, -0.15) is 0 Å². The van der Waals surface area contributed by atoms with Crippen LogP contribution >= 0.6 is 0 Å². The van der Waals surface area contributed by atoms with E-state index < -0.39 is 11.0 Å². The fourth-order valence-electron chi connectivity index (χ4n) is 4.95. The molecule has 4 aliphatic rings. The van der Waals surface area contributed by atoms with Crippen LogP contribution in [0.1, 0.15) is 59.8 Å². The van der Waals surface area contributed by atoms with Crippen molar-refractivity contribution in [2.45, 2.75) is 65.4 Å². The van der Waals surface area contributed by atoms with Crippen molar-refractivity contribution in [1.82, 2.24) is 0 Å². The summed E-state index contributed by atoms with van der Waals surface area (Å²) >= 11 is 0. The Bertz CT molecular complexity index is 404. The number of hydrogen-bond acceptors (Lipinski definition) is 3. The summed E-state index contributed by atoms with van der Waals surface area (Å²) in [7, 11) is 0. The zero-order valence-corrected chi connectivity index (χ0v) is 13.2. The van der Waals surface area contributed by atoms with Gasteiger partial charge in [-0.1, -0.05) is 6.92 Å². The number of rotatable bonds is 2. The average Bonchev–Trinajstić information content (AvgIpc) is 2.30. The molecule has 3 heteroatoms. The minimum atomic E-state index is -0.430. The zero-order valence-electron chi connectivity index (χ0n) is 13.2. The van der Waals surface area contributed by atoms with E-state index in [1.807, 2.05) is 20.8 Å². The van der Waals surface area contributed by atoms with E-state index in [9.17, 15) is 9.90 Å². The molecule has 0 saturated heterocycles. The van der Waals surface area contributed by atoms with Gasteiger partial charge in [0, 0.05) is 5.41 Å². The van der Waals surface area contributed by atoms with E-state index in [0.717, 1.165) is 19.3 Å². The predicted molar refractivity (Wildman–Crippen MR) is 77.0 cm³/mol. The number of ether oxygens (including phenoxy) is 1. The molecule has 4 rings (SSSR count). The first-order chi connectivity index (χ1) is 9.12. The molecule has 20 heavy (non-hydrogen) atoms. The van der Waals surface area contributed by atoms with E-state index in [0.29, 0.717) is 24.4 Å². The summed E-state index contributed by atoms with van der Waals surface area (Å²) in [5.74, 6) is 1.63. The van der Waals surface area contributed by atoms with Gasteiger partial charge < -0.3 is 9.84 Å². The molecule has 4 aliphatic carbocycles. The highest BCUT2D eigenvalue weighted by Gasteiger charge is 2.60. The van der Waals surface area contributed by atoms with Gasteiger partial charge >= 0.3 is 5.97 Å². The molecule has 0 aromatic carbocycles. The Kier molecular flexibility index (Phi) is 3.03. The van der Waals surface area contributed by atoms with Crippen molar-refractivity contribution in [2.75, 3.05) is 6.61 Å². The number of hydrogen-bond donors (Lipinski definition) is 1. The SMILES string of the molecule is CC(C)(C)C(=O)OCC1(C)C2CC3CC1CC(O)(C3)C2. The van der Waals surface area contributed by atoms with Crippen LogP contribution in [0.5, 0.6) is 0 Å². The Morgan fingerprint density at radius 2 is 1.75 bits per heavy atom. The Morgan fingerprint density at radius 3 is 2.20 bits per heavy atom. The molecular formula is C17H28O3. The third-order valence-electron chi connectivity index (χ3n) is 6.15. The number of esters is 1. The lowest BCUT2D eigenvalue weighted by atomic mass is 9.45. The van der Waals surface area contributed by atoms with E-state index >= 15 is 0 Å². The fraction of sp³-hybridized carbons (Fsp3) is 0.941. The molecule has 2 unspecified atom stereocenters. The molecule has 0 radical (unpaired) electrons. The van der Waals surface area contributed by atoms with E-state index in [4.69, 9.17) is 4.74 Å². The lowest BCUT2D eigenvalue weighted by molar-refractivity contribution is -0.205. The number of carbonyl (C=O) groups excluding carboxylic acids is 1. The van der Waals surface area contributed by atoms with Gasteiger partial charge in [-0.3, -0.25) is 4.79 Å². The van der Waals surface area contributed by atoms with Gasteiger partial charge in [0.1, 0.15) is 0 Å². The van der Waals surface area contributed by atoms with Crippen LogP contribution in [-0.4, -0.2) is 23.3 Å². The molecule has 0 aromatic heterocycles. The second kappa shape index (κ2) is 4.22. The molecule has 4 fully saturated rings. The van der Waals surface area contributed by atoms with Crippen LogP contribution in [0.4, 0.5) is 0 Å². The lowest BCUT2D eigenvalue weighted by Gasteiger charge is -2.62. The molecule has 1 N–H and O–H groups in total. The topological polar surface area (TPSA) is 46.5 Å². The van der Waals surface area contributed by atoms with Crippen molar-refractivity contribution < 1.29 is 14.6 Å². The third kappa shape index (κ3) is 2.18. The maximum Gasteiger partial charge on any atom is 0.311 e. The average molecular weight is 280 g/mol. The maximum absolute atomic E-state index is 12.0. The van der Waals surface area contributed by atoms with Gasteiger partial charge in [0.25, 0.3) is 0 Å². The molecule has 2 atom stereocenters. The van der Waals surface area contributed by atoms with Crippen LogP contribution < -0.4 is 0 Å². The molecule has 3 nitrogen and oxygen atoms in total. The minimum absolute atomic E-state index is 0.0735.